The van der Waals surface area contributed by atoms with E-state index in [9.17, 15) is 13.2 Å². The van der Waals surface area contributed by atoms with Gasteiger partial charge in [-0.3, -0.25) is 4.99 Å². The first-order valence-electron chi connectivity index (χ1n) is 3.45. The monoisotopic (exact) mass is 178 g/mol. The Hall–Kier alpha value is -1.00. The summed E-state index contributed by atoms with van der Waals surface area (Å²) in [6.07, 6.45) is -2.59. The summed E-state index contributed by atoms with van der Waals surface area (Å²) in [4.78, 5) is 5.09. The van der Waals surface area contributed by atoms with E-state index in [-0.39, 0.29) is 6.17 Å². The van der Waals surface area contributed by atoms with Gasteiger partial charge in [0.2, 0.25) is 0 Å². The molecule has 0 amide bonds. The molecule has 0 radical (unpaired) electrons. The van der Waals surface area contributed by atoms with E-state index in [1.54, 1.807) is 14.0 Å². The predicted octanol–water partition coefficient (Wildman–Crippen LogP) is 1.79. The molecular formula is C7H9F3N2. The topological polar surface area (TPSA) is 15.6 Å². The second kappa shape index (κ2) is 2.80. The summed E-state index contributed by atoms with van der Waals surface area (Å²) in [5.74, 6) is 0. The maximum absolute atomic E-state index is 12.1. The molecule has 1 unspecified atom stereocenters. The van der Waals surface area contributed by atoms with Gasteiger partial charge in [0.15, 0.2) is 0 Å². The van der Waals surface area contributed by atoms with Crippen LogP contribution in [0.25, 0.3) is 0 Å². The van der Waals surface area contributed by atoms with Crippen LogP contribution >= 0.6 is 0 Å². The number of nitrogens with zero attached hydrogens (tertiary/aromatic N) is 2. The molecule has 0 fully saturated rings. The Bertz CT molecular complexity index is 229. The molecule has 0 aromatic rings. The van der Waals surface area contributed by atoms with Crippen molar-refractivity contribution < 1.29 is 13.2 Å². The lowest BCUT2D eigenvalue weighted by Gasteiger charge is -2.24. The lowest BCUT2D eigenvalue weighted by atomic mass is 10.2. The summed E-state index contributed by atoms with van der Waals surface area (Å²) in [5, 5.41) is 0. The Morgan fingerprint density at radius 3 is 2.50 bits per heavy atom. The smallest absolute Gasteiger partial charge is 0.359 e. The molecular weight excluding hydrogens is 169 g/mol. The SMILES string of the molecule is CC1N=CC(C(F)(F)F)=CN1C. The van der Waals surface area contributed by atoms with Crippen LogP contribution in [-0.4, -0.2) is 30.5 Å². The normalized spacial score (nSPS) is 24.2. The molecule has 1 aliphatic heterocycles. The van der Waals surface area contributed by atoms with Gasteiger partial charge in [0.25, 0.3) is 0 Å². The zero-order valence-corrected chi connectivity index (χ0v) is 6.76. The second-order valence-electron chi connectivity index (χ2n) is 2.66. The first kappa shape index (κ1) is 9.09. The van der Waals surface area contributed by atoms with Crippen molar-refractivity contribution in [3.8, 4) is 0 Å². The minimum absolute atomic E-state index is 0.212. The lowest BCUT2D eigenvalue weighted by molar-refractivity contribution is -0.0871. The third kappa shape index (κ3) is 1.78. The fourth-order valence-corrected chi connectivity index (χ4v) is 0.800. The number of hydrogen-bond acceptors (Lipinski definition) is 2. The van der Waals surface area contributed by atoms with Gasteiger partial charge in [-0.05, 0) is 6.92 Å². The van der Waals surface area contributed by atoms with E-state index in [0.29, 0.717) is 0 Å². The summed E-state index contributed by atoms with van der Waals surface area (Å²) in [6.45, 7) is 1.72. The molecule has 0 aromatic carbocycles. The average Bonchev–Trinajstić information content (AvgIpc) is 1.92. The highest BCUT2D eigenvalue weighted by Gasteiger charge is 2.34. The highest BCUT2D eigenvalue weighted by atomic mass is 19.4. The summed E-state index contributed by atoms with van der Waals surface area (Å²) < 4.78 is 36.2. The van der Waals surface area contributed by atoms with Crippen LogP contribution in [0.1, 0.15) is 6.92 Å². The van der Waals surface area contributed by atoms with Gasteiger partial charge >= 0.3 is 6.18 Å². The van der Waals surface area contributed by atoms with Gasteiger partial charge in [-0.1, -0.05) is 0 Å². The third-order valence-corrected chi connectivity index (χ3v) is 1.69. The maximum Gasteiger partial charge on any atom is 0.419 e. The number of aliphatic imine (C=N–C) groups is 1. The van der Waals surface area contributed by atoms with Gasteiger partial charge in [-0.2, -0.15) is 13.2 Å². The molecule has 1 rings (SSSR count). The molecule has 0 saturated heterocycles. The molecule has 0 bridgehead atoms. The van der Waals surface area contributed by atoms with Crippen molar-refractivity contribution >= 4 is 6.21 Å². The predicted molar refractivity (Wildman–Crippen MR) is 39.9 cm³/mol. The van der Waals surface area contributed by atoms with Crippen LogP contribution in [0, 0.1) is 0 Å². The highest BCUT2D eigenvalue weighted by molar-refractivity contribution is 5.80. The largest absolute Gasteiger partial charge is 0.419 e. The molecule has 2 nitrogen and oxygen atoms in total. The fraction of sp³-hybridized carbons (Fsp3) is 0.571. The van der Waals surface area contributed by atoms with Crippen molar-refractivity contribution in [2.75, 3.05) is 7.05 Å². The van der Waals surface area contributed by atoms with Crippen LogP contribution in [-0.2, 0) is 0 Å². The number of alkyl halides is 3. The third-order valence-electron chi connectivity index (χ3n) is 1.69. The van der Waals surface area contributed by atoms with E-state index in [4.69, 9.17) is 0 Å². The summed E-state index contributed by atoms with van der Waals surface area (Å²) in [5.41, 5.74) is -0.705. The highest BCUT2D eigenvalue weighted by Crippen LogP contribution is 2.26. The van der Waals surface area contributed by atoms with Crippen molar-refractivity contribution in [1.29, 1.82) is 0 Å². The average molecular weight is 178 g/mol. The van der Waals surface area contributed by atoms with E-state index in [0.717, 1.165) is 12.4 Å². The summed E-state index contributed by atoms with van der Waals surface area (Å²) in [6, 6.07) is 0. The second-order valence-corrected chi connectivity index (χ2v) is 2.66. The molecule has 1 aliphatic rings. The van der Waals surface area contributed by atoms with Crippen molar-refractivity contribution in [2.24, 2.45) is 4.99 Å². The number of rotatable bonds is 0. The van der Waals surface area contributed by atoms with Crippen LogP contribution in [0.3, 0.4) is 0 Å². The molecule has 0 N–H and O–H groups in total. The summed E-state index contributed by atoms with van der Waals surface area (Å²) >= 11 is 0. The number of hydrogen-bond donors (Lipinski definition) is 0. The molecule has 5 heteroatoms. The molecule has 0 saturated carbocycles. The Kier molecular flexibility index (Phi) is 2.12. The molecule has 68 valence electrons. The van der Waals surface area contributed by atoms with Crippen LogP contribution in [0.5, 0.6) is 0 Å². The quantitative estimate of drug-likeness (QED) is 0.552. The first-order chi connectivity index (χ1) is 5.41. The molecule has 12 heavy (non-hydrogen) atoms. The van der Waals surface area contributed by atoms with E-state index in [2.05, 4.69) is 4.99 Å². The van der Waals surface area contributed by atoms with Gasteiger partial charge in [-0.15, -0.1) is 0 Å². The van der Waals surface area contributed by atoms with Crippen LogP contribution < -0.4 is 0 Å². The van der Waals surface area contributed by atoms with Crippen molar-refractivity contribution in [3.63, 3.8) is 0 Å². The lowest BCUT2D eigenvalue weighted by Crippen LogP contribution is -2.29. The first-order valence-corrected chi connectivity index (χ1v) is 3.45. The zero-order valence-electron chi connectivity index (χ0n) is 6.76. The number of allylic oxidation sites excluding steroid dienone is 1. The zero-order chi connectivity index (χ0) is 9.35. The Balaban J connectivity index is 2.84. The minimum atomic E-state index is -4.29. The van der Waals surface area contributed by atoms with Crippen molar-refractivity contribution in [1.82, 2.24) is 4.90 Å². The molecule has 0 aromatic heterocycles. The van der Waals surface area contributed by atoms with E-state index in [1.165, 1.54) is 4.90 Å². The summed E-state index contributed by atoms with van der Waals surface area (Å²) in [7, 11) is 1.56. The van der Waals surface area contributed by atoms with E-state index >= 15 is 0 Å². The minimum Gasteiger partial charge on any atom is -0.359 e. The fourth-order valence-electron chi connectivity index (χ4n) is 0.800. The van der Waals surface area contributed by atoms with E-state index in [1.807, 2.05) is 0 Å². The number of halogens is 3. The van der Waals surface area contributed by atoms with Crippen LogP contribution in [0.2, 0.25) is 0 Å². The van der Waals surface area contributed by atoms with Gasteiger partial charge in [0.05, 0.1) is 5.57 Å². The van der Waals surface area contributed by atoms with E-state index < -0.39 is 11.7 Å². The van der Waals surface area contributed by atoms with Gasteiger partial charge < -0.3 is 4.90 Å². The molecule has 0 aliphatic carbocycles. The van der Waals surface area contributed by atoms with Gasteiger partial charge in [0.1, 0.15) is 6.17 Å². The van der Waals surface area contributed by atoms with Gasteiger partial charge in [0, 0.05) is 19.5 Å². The van der Waals surface area contributed by atoms with Crippen molar-refractivity contribution in [3.05, 3.63) is 11.8 Å². The Morgan fingerprint density at radius 1 is 1.50 bits per heavy atom. The van der Waals surface area contributed by atoms with Crippen molar-refractivity contribution in [2.45, 2.75) is 19.3 Å². The Morgan fingerprint density at radius 2 is 2.08 bits per heavy atom. The molecule has 1 heterocycles. The van der Waals surface area contributed by atoms with Crippen LogP contribution in [0.15, 0.2) is 16.8 Å². The molecule has 0 spiro atoms. The van der Waals surface area contributed by atoms with Gasteiger partial charge in [-0.25, -0.2) is 0 Å². The standard InChI is InChI=1S/C7H9F3N2/c1-5-11-3-6(4-12(5)2)7(8,9)10/h3-5H,1-2H3. The Labute approximate surface area is 68.4 Å². The maximum atomic E-state index is 12.1. The van der Waals surface area contributed by atoms with Crippen LogP contribution in [0.4, 0.5) is 13.2 Å². The molecule has 1 atom stereocenters.